The molecule has 2 nitrogen and oxygen atoms in total. The Morgan fingerprint density at radius 3 is 2.63 bits per heavy atom. The highest BCUT2D eigenvalue weighted by Gasteiger charge is 2.33. The third-order valence-electron chi connectivity index (χ3n) is 4.63. The second kappa shape index (κ2) is 5.54. The molecular formula is C16H19BrN2. The Morgan fingerprint density at radius 1 is 1.16 bits per heavy atom. The Kier molecular flexibility index (Phi) is 3.79. The van der Waals surface area contributed by atoms with Crippen molar-refractivity contribution in [3.05, 3.63) is 28.2 Å². The number of benzene rings is 1. The zero-order chi connectivity index (χ0) is 13.2. The molecule has 0 radical (unpaired) electrons. The number of nitrogens with zero attached hydrogens (tertiary/aromatic N) is 2. The van der Waals surface area contributed by atoms with Gasteiger partial charge in [-0.05, 0) is 65.7 Å². The topological polar surface area (TPSA) is 27.0 Å². The van der Waals surface area contributed by atoms with Gasteiger partial charge in [0.25, 0.3) is 0 Å². The third kappa shape index (κ3) is 2.51. The molecule has 1 saturated carbocycles. The summed E-state index contributed by atoms with van der Waals surface area (Å²) in [7, 11) is 0. The van der Waals surface area contributed by atoms with Crippen LogP contribution in [0.1, 0.15) is 44.1 Å². The van der Waals surface area contributed by atoms with Crippen LogP contribution in [0.3, 0.4) is 0 Å². The van der Waals surface area contributed by atoms with Gasteiger partial charge in [-0.25, -0.2) is 0 Å². The summed E-state index contributed by atoms with van der Waals surface area (Å²) in [6, 6.07) is 8.90. The normalized spacial score (nSPS) is 23.8. The highest BCUT2D eigenvalue weighted by atomic mass is 79.9. The van der Waals surface area contributed by atoms with Crippen LogP contribution in [-0.2, 0) is 0 Å². The van der Waals surface area contributed by atoms with Gasteiger partial charge in [0.05, 0.1) is 17.3 Å². The SMILES string of the molecule is N#Cc1ccc(N2CCCC2C2CCCC2)c(Br)c1. The number of halogens is 1. The molecule has 3 rings (SSSR count). The average Bonchev–Trinajstić information content (AvgIpc) is 3.08. The summed E-state index contributed by atoms with van der Waals surface area (Å²) in [6.45, 7) is 1.16. The van der Waals surface area contributed by atoms with E-state index in [0.717, 1.165) is 22.5 Å². The first kappa shape index (κ1) is 13.0. The van der Waals surface area contributed by atoms with E-state index in [-0.39, 0.29) is 0 Å². The Labute approximate surface area is 123 Å². The van der Waals surface area contributed by atoms with Crippen LogP contribution in [0.4, 0.5) is 5.69 Å². The van der Waals surface area contributed by atoms with Gasteiger partial charge in [-0.2, -0.15) is 5.26 Å². The van der Waals surface area contributed by atoms with Crippen molar-refractivity contribution >= 4 is 21.6 Å². The highest BCUT2D eigenvalue weighted by molar-refractivity contribution is 9.10. The molecule has 1 aliphatic carbocycles. The summed E-state index contributed by atoms with van der Waals surface area (Å²) in [5, 5.41) is 8.96. The molecule has 2 aliphatic rings. The summed E-state index contributed by atoms with van der Waals surface area (Å²) >= 11 is 3.64. The molecule has 100 valence electrons. The van der Waals surface area contributed by atoms with Crippen molar-refractivity contribution in [3.8, 4) is 6.07 Å². The molecule has 2 fully saturated rings. The molecule has 1 aromatic carbocycles. The maximum Gasteiger partial charge on any atom is 0.0992 e. The monoisotopic (exact) mass is 318 g/mol. The fourth-order valence-corrected chi connectivity index (χ4v) is 4.34. The second-order valence-corrected chi connectivity index (χ2v) is 6.58. The molecule has 0 spiro atoms. The van der Waals surface area contributed by atoms with E-state index in [2.05, 4.69) is 33.0 Å². The van der Waals surface area contributed by atoms with E-state index in [1.807, 2.05) is 12.1 Å². The van der Waals surface area contributed by atoms with Crippen LogP contribution in [0.25, 0.3) is 0 Å². The molecule has 0 N–H and O–H groups in total. The maximum atomic E-state index is 8.96. The van der Waals surface area contributed by atoms with Crippen molar-refractivity contribution in [2.75, 3.05) is 11.4 Å². The van der Waals surface area contributed by atoms with Gasteiger partial charge in [0.2, 0.25) is 0 Å². The van der Waals surface area contributed by atoms with Crippen LogP contribution in [0.15, 0.2) is 22.7 Å². The Morgan fingerprint density at radius 2 is 1.95 bits per heavy atom. The van der Waals surface area contributed by atoms with E-state index >= 15 is 0 Å². The Balaban J connectivity index is 1.86. The predicted molar refractivity (Wildman–Crippen MR) is 81.2 cm³/mol. The summed E-state index contributed by atoms with van der Waals surface area (Å²) in [6.07, 6.45) is 8.24. The third-order valence-corrected chi connectivity index (χ3v) is 5.26. The minimum absolute atomic E-state index is 0.715. The quantitative estimate of drug-likeness (QED) is 0.803. The fourth-order valence-electron chi connectivity index (χ4n) is 3.73. The maximum absolute atomic E-state index is 8.96. The predicted octanol–water partition coefficient (Wildman–Crippen LogP) is 4.48. The van der Waals surface area contributed by atoms with Crippen molar-refractivity contribution in [2.24, 2.45) is 5.92 Å². The van der Waals surface area contributed by atoms with Gasteiger partial charge in [-0.1, -0.05) is 12.8 Å². The first-order chi connectivity index (χ1) is 9.29. The Bertz CT molecular complexity index is 500. The number of hydrogen-bond donors (Lipinski definition) is 0. The molecule has 1 atom stereocenters. The lowest BCUT2D eigenvalue weighted by atomic mass is 9.95. The van der Waals surface area contributed by atoms with E-state index < -0.39 is 0 Å². The zero-order valence-electron chi connectivity index (χ0n) is 11.1. The molecule has 0 amide bonds. The molecule has 3 heteroatoms. The van der Waals surface area contributed by atoms with Gasteiger partial charge in [0.1, 0.15) is 0 Å². The lowest BCUT2D eigenvalue weighted by Crippen LogP contribution is -2.34. The molecule has 0 aromatic heterocycles. The van der Waals surface area contributed by atoms with Crippen molar-refractivity contribution in [1.29, 1.82) is 5.26 Å². The summed E-state index contributed by atoms with van der Waals surface area (Å²) in [5.74, 6) is 0.880. The minimum Gasteiger partial charge on any atom is -0.367 e. The summed E-state index contributed by atoms with van der Waals surface area (Å²) in [4.78, 5) is 2.57. The van der Waals surface area contributed by atoms with E-state index in [0.29, 0.717) is 6.04 Å². The Hall–Kier alpha value is -1.01. The molecular weight excluding hydrogens is 300 g/mol. The highest BCUT2D eigenvalue weighted by Crippen LogP contribution is 2.40. The van der Waals surface area contributed by atoms with Gasteiger partial charge in [-0.3, -0.25) is 0 Å². The molecule has 1 aromatic rings. The standard InChI is InChI=1S/C16H19BrN2/c17-14-10-12(11-18)7-8-16(14)19-9-3-6-15(19)13-4-1-2-5-13/h7-8,10,13,15H,1-6,9H2. The molecule has 19 heavy (non-hydrogen) atoms. The van der Waals surface area contributed by atoms with E-state index in [9.17, 15) is 0 Å². The van der Waals surface area contributed by atoms with Crippen LogP contribution < -0.4 is 4.90 Å². The minimum atomic E-state index is 0.715. The van der Waals surface area contributed by atoms with Crippen molar-refractivity contribution in [2.45, 2.75) is 44.6 Å². The van der Waals surface area contributed by atoms with E-state index in [1.54, 1.807) is 0 Å². The lowest BCUT2D eigenvalue weighted by Gasteiger charge is -2.32. The van der Waals surface area contributed by atoms with Gasteiger partial charge >= 0.3 is 0 Å². The molecule has 0 bridgehead atoms. The zero-order valence-corrected chi connectivity index (χ0v) is 12.7. The van der Waals surface area contributed by atoms with E-state index in [4.69, 9.17) is 5.26 Å². The molecule has 1 saturated heterocycles. The molecule has 1 aliphatic heterocycles. The number of anilines is 1. The number of nitriles is 1. The van der Waals surface area contributed by atoms with Crippen molar-refractivity contribution in [3.63, 3.8) is 0 Å². The van der Waals surface area contributed by atoms with Gasteiger partial charge in [-0.15, -0.1) is 0 Å². The van der Waals surface area contributed by atoms with Crippen LogP contribution in [-0.4, -0.2) is 12.6 Å². The number of rotatable bonds is 2. The number of hydrogen-bond acceptors (Lipinski definition) is 2. The van der Waals surface area contributed by atoms with Crippen molar-refractivity contribution in [1.82, 2.24) is 0 Å². The summed E-state index contributed by atoms with van der Waals surface area (Å²) in [5.41, 5.74) is 2.00. The first-order valence-electron chi connectivity index (χ1n) is 7.26. The largest absolute Gasteiger partial charge is 0.367 e. The van der Waals surface area contributed by atoms with E-state index in [1.165, 1.54) is 44.2 Å². The average molecular weight is 319 g/mol. The van der Waals surface area contributed by atoms with Gasteiger partial charge in [0, 0.05) is 17.1 Å². The first-order valence-corrected chi connectivity index (χ1v) is 8.05. The smallest absolute Gasteiger partial charge is 0.0992 e. The lowest BCUT2D eigenvalue weighted by molar-refractivity contribution is 0.430. The van der Waals surface area contributed by atoms with Crippen LogP contribution in [0, 0.1) is 17.2 Å². The van der Waals surface area contributed by atoms with Gasteiger partial charge in [0.15, 0.2) is 0 Å². The van der Waals surface area contributed by atoms with Crippen LogP contribution in [0.5, 0.6) is 0 Å². The summed E-state index contributed by atoms with van der Waals surface area (Å²) < 4.78 is 1.07. The molecule has 1 unspecified atom stereocenters. The van der Waals surface area contributed by atoms with Crippen LogP contribution in [0.2, 0.25) is 0 Å². The van der Waals surface area contributed by atoms with Crippen LogP contribution >= 0.6 is 15.9 Å². The van der Waals surface area contributed by atoms with Gasteiger partial charge < -0.3 is 4.90 Å². The molecule has 1 heterocycles. The second-order valence-electron chi connectivity index (χ2n) is 5.73. The van der Waals surface area contributed by atoms with Crippen molar-refractivity contribution < 1.29 is 0 Å². The fraction of sp³-hybridized carbons (Fsp3) is 0.562.